The van der Waals surface area contributed by atoms with Gasteiger partial charge < -0.3 is 15.8 Å². The van der Waals surface area contributed by atoms with Crippen molar-refractivity contribution in [1.29, 1.82) is 0 Å². The highest BCUT2D eigenvalue weighted by molar-refractivity contribution is 5.95. The SMILES string of the molecule is CCOC[C@@H]1CCCN1CC(=O)Nc1ccc(C(N)=O)cc1. The number of nitrogens with one attached hydrogen (secondary N) is 1. The summed E-state index contributed by atoms with van der Waals surface area (Å²) in [5.74, 6) is -0.538. The van der Waals surface area contributed by atoms with E-state index in [4.69, 9.17) is 10.5 Å². The summed E-state index contributed by atoms with van der Waals surface area (Å²) >= 11 is 0. The Morgan fingerprint density at radius 3 is 2.73 bits per heavy atom. The molecule has 2 rings (SSSR count). The summed E-state index contributed by atoms with van der Waals surface area (Å²) < 4.78 is 5.47. The van der Waals surface area contributed by atoms with Gasteiger partial charge in [0, 0.05) is 23.9 Å². The van der Waals surface area contributed by atoms with Gasteiger partial charge in [0.05, 0.1) is 13.2 Å². The standard InChI is InChI=1S/C16H23N3O3/c1-2-22-11-14-4-3-9-19(14)10-15(20)18-13-7-5-12(6-8-13)16(17)21/h5-8,14H,2-4,9-11H2,1H3,(H2,17,21)(H,18,20)/t14-/m0/s1. The summed E-state index contributed by atoms with van der Waals surface area (Å²) in [4.78, 5) is 25.3. The van der Waals surface area contributed by atoms with Gasteiger partial charge in [-0.1, -0.05) is 0 Å². The smallest absolute Gasteiger partial charge is 0.248 e. The fourth-order valence-electron chi connectivity index (χ4n) is 2.65. The quantitative estimate of drug-likeness (QED) is 0.793. The number of anilines is 1. The third-order valence-corrected chi connectivity index (χ3v) is 3.81. The van der Waals surface area contributed by atoms with Crippen LogP contribution in [0.4, 0.5) is 5.69 Å². The summed E-state index contributed by atoms with van der Waals surface area (Å²) in [7, 11) is 0. The van der Waals surface area contributed by atoms with Gasteiger partial charge in [0.1, 0.15) is 0 Å². The molecule has 1 heterocycles. The molecule has 1 fully saturated rings. The monoisotopic (exact) mass is 305 g/mol. The van der Waals surface area contributed by atoms with Gasteiger partial charge in [-0.25, -0.2) is 0 Å². The number of nitrogens with zero attached hydrogens (tertiary/aromatic N) is 1. The van der Waals surface area contributed by atoms with Crippen LogP contribution in [-0.4, -0.2) is 49.1 Å². The van der Waals surface area contributed by atoms with E-state index in [2.05, 4.69) is 10.2 Å². The van der Waals surface area contributed by atoms with E-state index in [0.717, 1.165) is 19.4 Å². The van der Waals surface area contributed by atoms with Crippen LogP contribution in [0.15, 0.2) is 24.3 Å². The van der Waals surface area contributed by atoms with Gasteiger partial charge in [0.15, 0.2) is 0 Å². The first-order valence-corrected chi connectivity index (χ1v) is 7.61. The normalized spacial score (nSPS) is 18.3. The molecular weight excluding hydrogens is 282 g/mol. The Hall–Kier alpha value is -1.92. The number of primary amides is 1. The molecule has 6 heteroatoms. The number of amides is 2. The summed E-state index contributed by atoms with van der Waals surface area (Å²) in [5.41, 5.74) is 6.27. The second-order valence-electron chi connectivity index (χ2n) is 5.42. The lowest BCUT2D eigenvalue weighted by Crippen LogP contribution is -2.39. The first kappa shape index (κ1) is 16.5. The maximum absolute atomic E-state index is 12.1. The zero-order chi connectivity index (χ0) is 15.9. The van der Waals surface area contributed by atoms with Crippen LogP contribution in [0.3, 0.4) is 0 Å². The van der Waals surface area contributed by atoms with Crippen molar-refractivity contribution in [2.24, 2.45) is 5.73 Å². The predicted octanol–water partition coefficient (Wildman–Crippen LogP) is 1.22. The van der Waals surface area contributed by atoms with Crippen molar-refractivity contribution in [2.75, 3.05) is 31.6 Å². The van der Waals surface area contributed by atoms with Gasteiger partial charge in [-0.15, -0.1) is 0 Å². The van der Waals surface area contributed by atoms with Crippen LogP contribution in [0.5, 0.6) is 0 Å². The minimum atomic E-state index is -0.478. The highest BCUT2D eigenvalue weighted by Gasteiger charge is 2.26. The first-order chi connectivity index (χ1) is 10.6. The van der Waals surface area contributed by atoms with Crippen LogP contribution in [0.25, 0.3) is 0 Å². The topological polar surface area (TPSA) is 84.7 Å². The largest absolute Gasteiger partial charge is 0.380 e. The first-order valence-electron chi connectivity index (χ1n) is 7.61. The van der Waals surface area contributed by atoms with Crippen molar-refractivity contribution in [3.8, 4) is 0 Å². The summed E-state index contributed by atoms with van der Waals surface area (Å²) in [6.45, 7) is 4.63. The molecule has 2 amide bonds. The average Bonchev–Trinajstić information content (AvgIpc) is 2.92. The molecule has 120 valence electrons. The number of likely N-dealkylation sites (tertiary alicyclic amines) is 1. The molecule has 0 radical (unpaired) electrons. The molecule has 6 nitrogen and oxygen atoms in total. The number of hydrogen-bond donors (Lipinski definition) is 2. The average molecular weight is 305 g/mol. The Bertz CT molecular complexity index is 516. The Morgan fingerprint density at radius 1 is 1.36 bits per heavy atom. The van der Waals surface area contributed by atoms with E-state index in [1.54, 1.807) is 24.3 Å². The van der Waals surface area contributed by atoms with E-state index in [1.807, 2.05) is 6.92 Å². The molecule has 1 aliphatic rings. The van der Waals surface area contributed by atoms with Gasteiger partial charge >= 0.3 is 0 Å². The van der Waals surface area contributed by atoms with Crippen LogP contribution in [0.2, 0.25) is 0 Å². The molecular formula is C16H23N3O3. The zero-order valence-electron chi connectivity index (χ0n) is 12.9. The number of ether oxygens (including phenoxy) is 1. The number of carbonyl (C=O) groups excluding carboxylic acids is 2. The maximum atomic E-state index is 12.1. The Morgan fingerprint density at radius 2 is 2.09 bits per heavy atom. The number of carbonyl (C=O) groups is 2. The van der Waals surface area contributed by atoms with Crippen LogP contribution < -0.4 is 11.1 Å². The Balaban J connectivity index is 1.85. The highest BCUT2D eigenvalue weighted by atomic mass is 16.5. The molecule has 22 heavy (non-hydrogen) atoms. The fourth-order valence-corrected chi connectivity index (χ4v) is 2.65. The van der Waals surface area contributed by atoms with Crippen molar-refractivity contribution in [1.82, 2.24) is 4.90 Å². The Labute approximate surface area is 130 Å². The number of rotatable bonds is 7. The molecule has 3 N–H and O–H groups in total. The molecule has 0 spiro atoms. The number of hydrogen-bond acceptors (Lipinski definition) is 4. The molecule has 0 aromatic heterocycles. The van der Waals surface area contributed by atoms with Crippen molar-refractivity contribution in [3.05, 3.63) is 29.8 Å². The van der Waals surface area contributed by atoms with E-state index in [-0.39, 0.29) is 5.91 Å². The van der Waals surface area contributed by atoms with Crippen LogP contribution in [-0.2, 0) is 9.53 Å². The van der Waals surface area contributed by atoms with Crippen molar-refractivity contribution in [3.63, 3.8) is 0 Å². The van der Waals surface area contributed by atoms with Crippen molar-refractivity contribution >= 4 is 17.5 Å². The second kappa shape index (κ2) is 7.91. The van der Waals surface area contributed by atoms with E-state index >= 15 is 0 Å². The van der Waals surface area contributed by atoms with Crippen LogP contribution in [0, 0.1) is 0 Å². The fraction of sp³-hybridized carbons (Fsp3) is 0.500. The van der Waals surface area contributed by atoms with E-state index in [0.29, 0.717) is 37.1 Å². The highest BCUT2D eigenvalue weighted by Crippen LogP contribution is 2.17. The number of nitrogens with two attached hydrogens (primary N) is 1. The lowest BCUT2D eigenvalue weighted by Gasteiger charge is -2.23. The van der Waals surface area contributed by atoms with Gasteiger partial charge in [0.2, 0.25) is 11.8 Å². The van der Waals surface area contributed by atoms with Gasteiger partial charge in [-0.05, 0) is 50.6 Å². The molecule has 0 unspecified atom stereocenters. The van der Waals surface area contributed by atoms with Crippen LogP contribution >= 0.6 is 0 Å². The molecule has 0 aliphatic carbocycles. The molecule has 1 saturated heterocycles. The van der Waals surface area contributed by atoms with Crippen LogP contribution in [0.1, 0.15) is 30.1 Å². The minimum absolute atomic E-state index is 0.0600. The molecule has 1 atom stereocenters. The molecule has 0 bridgehead atoms. The zero-order valence-corrected chi connectivity index (χ0v) is 12.9. The predicted molar refractivity (Wildman–Crippen MR) is 84.7 cm³/mol. The van der Waals surface area contributed by atoms with Crippen molar-refractivity contribution < 1.29 is 14.3 Å². The van der Waals surface area contributed by atoms with Gasteiger partial charge in [0.25, 0.3) is 0 Å². The summed E-state index contributed by atoms with van der Waals surface area (Å²) in [6.07, 6.45) is 2.17. The third kappa shape index (κ3) is 4.54. The number of benzene rings is 1. The third-order valence-electron chi connectivity index (χ3n) is 3.81. The molecule has 1 aromatic rings. The molecule has 1 aliphatic heterocycles. The second-order valence-corrected chi connectivity index (χ2v) is 5.42. The lowest BCUT2D eigenvalue weighted by molar-refractivity contribution is -0.117. The van der Waals surface area contributed by atoms with Gasteiger partial charge in [-0.3, -0.25) is 14.5 Å². The summed E-state index contributed by atoms with van der Waals surface area (Å²) in [5, 5.41) is 2.84. The Kier molecular flexibility index (Phi) is 5.91. The van der Waals surface area contributed by atoms with E-state index in [9.17, 15) is 9.59 Å². The van der Waals surface area contributed by atoms with E-state index in [1.165, 1.54) is 0 Å². The molecule has 0 saturated carbocycles. The lowest BCUT2D eigenvalue weighted by atomic mass is 10.2. The molecule has 1 aromatic carbocycles. The summed E-state index contributed by atoms with van der Waals surface area (Å²) in [6, 6.07) is 6.89. The minimum Gasteiger partial charge on any atom is -0.380 e. The maximum Gasteiger partial charge on any atom is 0.248 e. The van der Waals surface area contributed by atoms with Gasteiger partial charge in [-0.2, -0.15) is 0 Å². The van der Waals surface area contributed by atoms with E-state index < -0.39 is 5.91 Å². The van der Waals surface area contributed by atoms with Crippen molar-refractivity contribution in [2.45, 2.75) is 25.8 Å².